The van der Waals surface area contributed by atoms with Gasteiger partial charge in [-0.3, -0.25) is 0 Å². The van der Waals surface area contributed by atoms with Crippen LogP contribution in [0, 0.1) is 6.92 Å². The summed E-state index contributed by atoms with van der Waals surface area (Å²) in [6.45, 7) is 1.89. The first kappa shape index (κ1) is 15.7. The van der Waals surface area contributed by atoms with Gasteiger partial charge < -0.3 is 9.64 Å². The van der Waals surface area contributed by atoms with E-state index in [-0.39, 0.29) is 0 Å². The van der Waals surface area contributed by atoms with Crippen molar-refractivity contribution in [2.45, 2.75) is 6.92 Å². The van der Waals surface area contributed by atoms with Crippen molar-refractivity contribution in [2.75, 3.05) is 14.1 Å². The molecule has 0 aliphatic heterocycles. The summed E-state index contributed by atoms with van der Waals surface area (Å²) >= 11 is 12.0. The molecule has 0 heterocycles. The number of halogens is 2. The summed E-state index contributed by atoms with van der Waals surface area (Å²) < 4.78 is 5.47. The van der Waals surface area contributed by atoms with Crippen molar-refractivity contribution in [3.63, 3.8) is 0 Å². The van der Waals surface area contributed by atoms with Gasteiger partial charge in [0.25, 0.3) is 0 Å². The van der Waals surface area contributed by atoms with Gasteiger partial charge in [0.15, 0.2) is 0 Å². The Labute approximate surface area is 134 Å². The van der Waals surface area contributed by atoms with Gasteiger partial charge in [-0.05, 0) is 30.2 Å². The minimum Gasteiger partial charge on any atom is -0.409 e. The molecule has 0 saturated heterocycles. The van der Waals surface area contributed by atoms with Crippen molar-refractivity contribution in [3.05, 3.63) is 52.0 Å². The van der Waals surface area contributed by atoms with Crippen LogP contribution >= 0.6 is 23.2 Å². The molecule has 0 N–H and O–H groups in total. The van der Waals surface area contributed by atoms with Crippen LogP contribution in [0.4, 0.5) is 4.79 Å². The standard InChI is InChI=1S/C16H15Cl2NO2/c1-10-5-4-6-12(15(10)21-16(20)19(2)3)11-7-8-13(17)14(18)9-11/h4-9H,1-3H3. The Kier molecular flexibility index (Phi) is 4.76. The smallest absolute Gasteiger partial charge is 0.409 e. The molecule has 2 rings (SSSR count). The highest BCUT2D eigenvalue weighted by Crippen LogP contribution is 2.36. The van der Waals surface area contributed by atoms with Gasteiger partial charge in [-0.25, -0.2) is 4.79 Å². The predicted octanol–water partition coefficient (Wildman–Crippen LogP) is 5.03. The molecule has 0 aliphatic carbocycles. The Morgan fingerprint density at radius 3 is 2.43 bits per heavy atom. The van der Waals surface area contributed by atoms with E-state index in [0.29, 0.717) is 15.8 Å². The zero-order valence-electron chi connectivity index (χ0n) is 12.0. The lowest BCUT2D eigenvalue weighted by Crippen LogP contribution is -2.25. The minimum absolute atomic E-state index is 0.425. The molecule has 0 spiro atoms. The van der Waals surface area contributed by atoms with E-state index in [1.807, 2.05) is 31.2 Å². The Hall–Kier alpha value is -1.71. The van der Waals surface area contributed by atoms with Crippen molar-refractivity contribution in [2.24, 2.45) is 0 Å². The molecule has 0 radical (unpaired) electrons. The molecule has 3 nitrogen and oxygen atoms in total. The Balaban J connectivity index is 2.50. The third-order valence-electron chi connectivity index (χ3n) is 3.00. The molecule has 0 bridgehead atoms. The van der Waals surface area contributed by atoms with Gasteiger partial charge in [0.05, 0.1) is 10.0 Å². The molecule has 0 aromatic heterocycles. The molecular weight excluding hydrogens is 309 g/mol. The van der Waals surface area contributed by atoms with Gasteiger partial charge >= 0.3 is 6.09 Å². The Morgan fingerprint density at radius 2 is 1.81 bits per heavy atom. The lowest BCUT2D eigenvalue weighted by molar-refractivity contribution is 0.172. The van der Waals surface area contributed by atoms with E-state index in [2.05, 4.69) is 0 Å². The number of hydrogen-bond donors (Lipinski definition) is 0. The fourth-order valence-electron chi connectivity index (χ4n) is 1.86. The third kappa shape index (κ3) is 3.49. The largest absolute Gasteiger partial charge is 0.414 e. The van der Waals surface area contributed by atoms with E-state index < -0.39 is 6.09 Å². The average Bonchev–Trinajstić information content (AvgIpc) is 2.44. The maximum absolute atomic E-state index is 11.8. The van der Waals surface area contributed by atoms with E-state index in [0.717, 1.165) is 16.7 Å². The van der Waals surface area contributed by atoms with Crippen LogP contribution in [0.1, 0.15) is 5.56 Å². The maximum atomic E-state index is 11.8. The molecule has 1 amide bonds. The Bertz CT molecular complexity index is 684. The molecule has 2 aromatic carbocycles. The van der Waals surface area contributed by atoms with Gasteiger partial charge in [-0.2, -0.15) is 0 Å². The van der Waals surface area contributed by atoms with Crippen LogP contribution in [0.5, 0.6) is 5.75 Å². The zero-order valence-corrected chi connectivity index (χ0v) is 13.5. The van der Waals surface area contributed by atoms with Crippen LogP contribution in [-0.2, 0) is 0 Å². The van der Waals surface area contributed by atoms with Crippen LogP contribution in [0.15, 0.2) is 36.4 Å². The van der Waals surface area contributed by atoms with Crippen molar-refractivity contribution in [1.29, 1.82) is 0 Å². The maximum Gasteiger partial charge on any atom is 0.414 e. The quantitative estimate of drug-likeness (QED) is 0.775. The van der Waals surface area contributed by atoms with Crippen LogP contribution in [0.3, 0.4) is 0 Å². The number of carbonyl (C=O) groups is 1. The monoisotopic (exact) mass is 323 g/mol. The third-order valence-corrected chi connectivity index (χ3v) is 3.74. The van der Waals surface area contributed by atoms with Gasteiger partial charge in [-0.1, -0.05) is 47.5 Å². The SMILES string of the molecule is Cc1cccc(-c2ccc(Cl)c(Cl)c2)c1OC(=O)N(C)C. The van der Waals surface area contributed by atoms with Gasteiger partial charge in [0.1, 0.15) is 5.75 Å². The fraction of sp³-hybridized carbons (Fsp3) is 0.188. The van der Waals surface area contributed by atoms with Gasteiger partial charge in [-0.15, -0.1) is 0 Å². The van der Waals surface area contributed by atoms with E-state index in [1.165, 1.54) is 4.90 Å². The first-order valence-electron chi connectivity index (χ1n) is 6.34. The summed E-state index contributed by atoms with van der Waals surface area (Å²) in [6, 6.07) is 11.0. The fourth-order valence-corrected chi connectivity index (χ4v) is 2.16. The number of ether oxygens (including phenoxy) is 1. The zero-order chi connectivity index (χ0) is 15.6. The molecule has 5 heteroatoms. The van der Waals surface area contributed by atoms with E-state index in [4.69, 9.17) is 27.9 Å². The topological polar surface area (TPSA) is 29.5 Å². The second-order valence-corrected chi connectivity index (χ2v) is 5.66. The molecule has 0 fully saturated rings. The van der Waals surface area contributed by atoms with E-state index in [1.54, 1.807) is 26.2 Å². The van der Waals surface area contributed by atoms with Crippen LogP contribution in [-0.4, -0.2) is 25.1 Å². The summed E-state index contributed by atoms with van der Waals surface area (Å²) in [6.07, 6.45) is -0.425. The molecule has 0 atom stereocenters. The van der Waals surface area contributed by atoms with E-state index >= 15 is 0 Å². The highest BCUT2D eigenvalue weighted by Gasteiger charge is 2.15. The highest BCUT2D eigenvalue weighted by atomic mass is 35.5. The molecule has 21 heavy (non-hydrogen) atoms. The number of nitrogens with zero attached hydrogens (tertiary/aromatic N) is 1. The van der Waals surface area contributed by atoms with Crippen molar-refractivity contribution in [3.8, 4) is 16.9 Å². The number of rotatable bonds is 2. The van der Waals surface area contributed by atoms with Gasteiger partial charge in [0, 0.05) is 19.7 Å². The number of hydrogen-bond acceptors (Lipinski definition) is 2. The lowest BCUT2D eigenvalue weighted by atomic mass is 10.0. The molecule has 0 aliphatic rings. The summed E-state index contributed by atoms with van der Waals surface area (Å²) in [4.78, 5) is 13.2. The first-order valence-corrected chi connectivity index (χ1v) is 7.10. The van der Waals surface area contributed by atoms with Crippen LogP contribution < -0.4 is 4.74 Å². The average molecular weight is 324 g/mol. The summed E-state index contributed by atoms with van der Waals surface area (Å²) in [5.41, 5.74) is 2.51. The number of para-hydroxylation sites is 1. The molecule has 110 valence electrons. The normalized spacial score (nSPS) is 10.3. The van der Waals surface area contributed by atoms with Crippen molar-refractivity contribution < 1.29 is 9.53 Å². The first-order chi connectivity index (χ1) is 9.90. The van der Waals surface area contributed by atoms with Crippen molar-refractivity contribution >= 4 is 29.3 Å². The predicted molar refractivity (Wildman–Crippen MR) is 86.3 cm³/mol. The molecule has 0 unspecified atom stereocenters. The molecule has 2 aromatic rings. The highest BCUT2D eigenvalue weighted by molar-refractivity contribution is 6.42. The van der Waals surface area contributed by atoms with Gasteiger partial charge in [0.2, 0.25) is 0 Å². The van der Waals surface area contributed by atoms with Crippen molar-refractivity contribution in [1.82, 2.24) is 4.90 Å². The molecule has 0 saturated carbocycles. The second kappa shape index (κ2) is 6.37. The number of carbonyl (C=O) groups excluding carboxylic acids is 1. The number of aryl methyl sites for hydroxylation is 1. The van der Waals surface area contributed by atoms with Crippen LogP contribution in [0.2, 0.25) is 10.0 Å². The summed E-state index contributed by atoms with van der Waals surface area (Å²) in [5.74, 6) is 0.523. The Morgan fingerprint density at radius 1 is 1.10 bits per heavy atom. The van der Waals surface area contributed by atoms with Crippen LogP contribution in [0.25, 0.3) is 11.1 Å². The number of amides is 1. The molecular formula is C16H15Cl2NO2. The van der Waals surface area contributed by atoms with E-state index in [9.17, 15) is 4.79 Å². The second-order valence-electron chi connectivity index (χ2n) is 4.84. The summed E-state index contributed by atoms with van der Waals surface area (Å²) in [5, 5.41) is 0.945. The lowest BCUT2D eigenvalue weighted by Gasteiger charge is -2.16. The summed E-state index contributed by atoms with van der Waals surface area (Å²) in [7, 11) is 3.28. The number of benzene rings is 2. The minimum atomic E-state index is -0.425.